The van der Waals surface area contributed by atoms with Crippen LogP contribution in [-0.2, 0) is 11.3 Å². The average molecular weight is 271 g/mol. The average Bonchev–Trinajstić information content (AvgIpc) is 2.51. The first-order chi connectivity index (χ1) is 9.78. The van der Waals surface area contributed by atoms with Gasteiger partial charge < -0.3 is 9.84 Å². The molecule has 1 heterocycles. The van der Waals surface area contributed by atoms with Crippen LogP contribution in [0, 0.1) is 0 Å². The number of likely N-dealkylation sites (tertiary alicyclic amines) is 1. The van der Waals surface area contributed by atoms with Crippen molar-refractivity contribution in [2.24, 2.45) is 0 Å². The number of methoxy groups -OCH3 is 1. The maximum atomic E-state index is 10.2. The minimum Gasteiger partial charge on any atom is -0.508 e. The lowest BCUT2D eigenvalue weighted by atomic mass is 10.0. The molecular formula is C17H21NO2. The maximum absolute atomic E-state index is 10.2. The van der Waals surface area contributed by atoms with Crippen LogP contribution in [0.3, 0.4) is 0 Å². The van der Waals surface area contributed by atoms with Crippen LogP contribution >= 0.6 is 0 Å². The summed E-state index contributed by atoms with van der Waals surface area (Å²) < 4.78 is 5.41. The summed E-state index contributed by atoms with van der Waals surface area (Å²) >= 11 is 0. The molecule has 1 aliphatic heterocycles. The molecule has 106 valence electrons. The van der Waals surface area contributed by atoms with Crippen LogP contribution < -0.4 is 0 Å². The molecule has 1 aliphatic rings. The second-order valence-electron chi connectivity index (χ2n) is 5.50. The molecule has 0 amide bonds. The van der Waals surface area contributed by atoms with E-state index in [4.69, 9.17) is 4.74 Å². The van der Waals surface area contributed by atoms with Gasteiger partial charge in [0.15, 0.2) is 0 Å². The predicted octanol–water partition coefficient (Wildman–Crippen LogP) is 3.16. The van der Waals surface area contributed by atoms with Crippen molar-refractivity contribution in [1.82, 2.24) is 4.90 Å². The Morgan fingerprint density at radius 1 is 1.15 bits per heavy atom. The number of fused-ring (bicyclic) bond motifs is 1. The van der Waals surface area contributed by atoms with E-state index >= 15 is 0 Å². The minimum absolute atomic E-state index is 0.396. The van der Waals surface area contributed by atoms with Crippen LogP contribution in [0.25, 0.3) is 10.8 Å². The van der Waals surface area contributed by atoms with Crippen LogP contribution in [0.15, 0.2) is 36.4 Å². The van der Waals surface area contributed by atoms with Gasteiger partial charge in [0.1, 0.15) is 5.75 Å². The molecule has 3 rings (SSSR count). The second kappa shape index (κ2) is 5.81. The van der Waals surface area contributed by atoms with Gasteiger partial charge in [0, 0.05) is 32.3 Å². The highest BCUT2D eigenvalue weighted by Crippen LogP contribution is 2.29. The summed E-state index contributed by atoms with van der Waals surface area (Å²) in [6.07, 6.45) is 2.54. The molecule has 0 atom stereocenters. The lowest BCUT2D eigenvalue weighted by Gasteiger charge is -2.31. The fourth-order valence-corrected chi connectivity index (χ4v) is 3.02. The number of phenols is 1. The van der Waals surface area contributed by atoms with Gasteiger partial charge in [0.2, 0.25) is 0 Å². The van der Waals surface area contributed by atoms with Gasteiger partial charge >= 0.3 is 0 Å². The van der Waals surface area contributed by atoms with Crippen LogP contribution in [0.1, 0.15) is 18.4 Å². The Morgan fingerprint density at radius 3 is 2.65 bits per heavy atom. The minimum atomic E-state index is 0.396. The Kier molecular flexibility index (Phi) is 3.90. The molecule has 20 heavy (non-hydrogen) atoms. The van der Waals surface area contributed by atoms with Crippen LogP contribution in [0.2, 0.25) is 0 Å². The second-order valence-corrected chi connectivity index (χ2v) is 5.50. The third kappa shape index (κ3) is 2.65. The third-order valence-corrected chi connectivity index (χ3v) is 4.27. The van der Waals surface area contributed by atoms with E-state index in [2.05, 4.69) is 17.0 Å². The van der Waals surface area contributed by atoms with Crippen molar-refractivity contribution in [2.75, 3.05) is 20.2 Å². The van der Waals surface area contributed by atoms with Crippen LogP contribution in [0.4, 0.5) is 0 Å². The normalized spacial score (nSPS) is 17.6. The Labute approximate surface area is 119 Å². The van der Waals surface area contributed by atoms with Crippen molar-refractivity contribution >= 4 is 10.8 Å². The van der Waals surface area contributed by atoms with Gasteiger partial charge in [-0.05, 0) is 29.7 Å². The predicted molar refractivity (Wildman–Crippen MR) is 80.9 cm³/mol. The van der Waals surface area contributed by atoms with Gasteiger partial charge in [-0.25, -0.2) is 0 Å². The first-order valence-electron chi connectivity index (χ1n) is 7.22. The lowest BCUT2D eigenvalue weighted by Crippen LogP contribution is -2.36. The highest BCUT2D eigenvalue weighted by atomic mass is 16.5. The Hall–Kier alpha value is -1.58. The SMILES string of the molecule is COC1CCN(Cc2c(O)ccc3ccccc23)CC1. The van der Waals surface area contributed by atoms with Gasteiger partial charge in [-0.3, -0.25) is 4.90 Å². The van der Waals surface area contributed by atoms with Crippen LogP contribution in [0.5, 0.6) is 5.75 Å². The summed E-state index contributed by atoms with van der Waals surface area (Å²) in [7, 11) is 1.79. The first kappa shape index (κ1) is 13.4. The van der Waals surface area contributed by atoms with E-state index in [9.17, 15) is 5.11 Å². The largest absolute Gasteiger partial charge is 0.508 e. The fraction of sp³-hybridized carbons (Fsp3) is 0.412. The standard InChI is InChI=1S/C17H21NO2/c1-20-14-8-10-18(11-9-14)12-16-15-5-3-2-4-13(15)6-7-17(16)19/h2-7,14,19H,8-12H2,1H3. The topological polar surface area (TPSA) is 32.7 Å². The highest BCUT2D eigenvalue weighted by Gasteiger charge is 2.20. The number of hydrogen-bond donors (Lipinski definition) is 1. The lowest BCUT2D eigenvalue weighted by molar-refractivity contribution is 0.0388. The van der Waals surface area contributed by atoms with Crippen molar-refractivity contribution in [2.45, 2.75) is 25.5 Å². The number of nitrogens with zero attached hydrogens (tertiary/aromatic N) is 1. The van der Waals surface area contributed by atoms with Crippen molar-refractivity contribution in [1.29, 1.82) is 0 Å². The molecule has 2 aromatic carbocycles. The van der Waals surface area contributed by atoms with Gasteiger partial charge in [-0.15, -0.1) is 0 Å². The number of ether oxygens (including phenoxy) is 1. The monoisotopic (exact) mass is 271 g/mol. The molecule has 1 N–H and O–H groups in total. The van der Waals surface area contributed by atoms with Gasteiger partial charge in [-0.1, -0.05) is 30.3 Å². The molecular weight excluding hydrogens is 250 g/mol. The maximum Gasteiger partial charge on any atom is 0.120 e. The molecule has 0 radical (unpaired) electrons. The zero-order chi connectivity index (χ0) is 13.9. The van der Waals surface area contributed by atoms with Crippen molar-refractivity contribution in [3.63, 3.8) is 0 Å². The van der Waals surface area contributed by atoms with Gasteiger partial charge in [0.05, 0.1) is 6.10 Å². The fourth-order valence-electron chi connectivity index (χ4n) is 3.02. The highest BCUT2D eigenvalue weighted by molar-refractivity contribution is 5.87. The van der Waals surface area contributed by atoms with Crippen molar-refractivity contribution in [3.05, 3.63) is 42.0 Å². The Bertz CT molecular complexity index is 589. The van der Waals surface area contributed by atoms with Crippen molar-refractivity contribution in [3.8, 4) is 5.75 Å². The molecule has 0 aliphatic carbocycles. The van der Waals surface area contributed by atoms with E-state index in [1.807, 2.05) is 18.2 Å². The summed E-state index contributed by atoms with van der Waals surface area (Å²) in [6.45, 7) is 2.87. The summed E-state index contributed by atoms with van der Waals surface area (Å²) in [5, 5.41) is 12.5. The Morgan fingerprint density at radius 2 is 1.90 bits per heavy atom. The molecule has 0 spiro atoms. The number of piperidine rings is 1. The number of phenolic OH excluding ortho intramolecular Hbond substituents is 1. The van der Waals surface area contributed by atoms with Crippen LogP contribution in [-0.4, -0.2) is 36.3 Å². The molecule has 3 nitrogen and oxygen atoms in total. The smallest absolute Gasteiger partial charge is 0.120 e. The molecule has 0 unspecified atom stereocenters. The van der Waals surface area contributed by atoms with E-state index in [1.165, 1.54) is 5.39 Å². The van der Waals surface area contributed by atoms with E-state index in [-0.39, 0.29) is 0 Å². The summed E-state index contributed by atoms with van der Waals surface area (Å²) in [5.41, 5.74) is 1.04. The van der Waals surface area contributed by atoms with E-state index in [1.54, 1.807) is 13.2 Å². The third-order valence-electron chi connectivity index (χ3n) is 4.27. The van der Waals surface area contributed by atoms with E-state index in [0.29, 0.717) is 11.9 Å². The van der Waals surface area contributed by atoms with Gasteiger partial charge in [-0.2, -0.15) is 0 Å². The summed E-state index contributed by atoms with van der Waals surface area (Å²) in [6, 6.07) is 12.0. The van der Waals surface area contributed by atoms with Crippen molar-refractivity contribution < 1.29 is 9.84 Å². The number of hydrogen-bond acceptors (Lipinski definition) is 3. The first-order valence-corrected chi connectivity index (χ1v) is 7.22. The van der Waals surface area contributed by atoms with E-state index in [0.717, 1.165) is 43.4 Å². The zero-order valence-corrected chi connectivity index (χ0v) is 11.9. The molecule has 2 aromatic rings. The number of benzene rings is 2. The Balaban J connectivity index is 1.82. The quantitative estimate of drug-likeness (QED) is 0.930. The number of aromatic hydroxyl groups is 1. The molecule has 0 saturated carbocycles. The summed E-state index contributed by atoms with van der Waals surface area (Å²) in [4.78, 5) is 2.40. The van der Waals surface area contributed by atoms with Gasteiger partial charge in [0.25, 0.3) is 0 Å². The van der Waals surface area contributed by atoms with E-state index < -0.39 is 0 Å². The molecule has 1 saturated heterocycles. The summed E-state index contributed by atoms with van der Waals surface area (Å²) in [5.74, 6) is 0.401. The molecule has 3 heteroatoms. The number of rotatable bonds is 3. The molecule has 0 aromatic heterocycles. The molecule has 1 fully saturated rings. The molecule has 0 bridgehead atoms. The zero-order valence-electron chi connectivity index (χ0n) is 11.9.